The highest BCUT2D eigenvalue weighted by atomic mass is 35.5. The second kappa shape index (κ2) is 12.8. The molecule has 3 aromatic rings. The van der Waals surface area contributed by atoms with E-state index in [2.05, 4.69) is 16.5 Å². The smallest absolute Gasteiger partial charge is 0.251 e. The number of nitrogens with zero attached hydrogens (tertiary/aromatic N) is 6. The lowest BCUT2D eigenvalue weighted by molar-refractivity contribution is -0.142. The Labute approximate surface area is 297 Å². The number of carbonyl (C=O) groups excluding carboxylic acids is 2. The third-order valence-electron chi connectivity index (χ3n) is 9.55. The van der Waals surface area contributed by atoms with Gasteiger partial charge in [0.2, 0.25) is 5.91 Å². The summed E-state index contributed by atoms with van der Waals surface area (Å²) in [7, 11) is 1.46. The fraction of sp³-hybridized carbons (Fsp3) is 0.371. The molecule has 3 N–H and O–H groups in total. The van der Waals surface area contributed by atoms with Crippen LogP contribution in [0.4, 0.5) is 30.2 Å². The van der Waals surface area contributed by atoms with Crippen LogP contribution in [0.1, 0.15) is 63.4 Å². The summed E-state index contributed by atoms with van der Waals surface area (Å²) in [5.41, 5.74) is 5.12. The summed E-state index contributed by atoms with van der Waals surface area (Å²) in [6.45, 7) is 12.8. The van der Waals surface area contributed by atoms with Crippen molar-refractivity contribution in [2.45, 2.75) is 64.8 Å². The van der Waals surface area contributed by atoms with Crippen LogP contribution < -0.4 is 10.6 Å². The predicted octanol–water partition coefficient (Wildman–Crippen LogP) is 6.39. The number of hydrogen-bond acceptors (Lipinski definition) is 8. The number of likely N-dealkylation sites (N-methyl/N-ethyl adjacent to an activating group) is 1. The first-order chi connectivity index (χ1) is 23.5. The number of aliphatic hydroxyl groups excluding tert-OH is 1. The van der Waals surface area contributed by atoms with E-state index in [4.69, 9.17) is 28.9 Å². The molecule has 1 aromatic heterocycles. The number of aromatic nitrogens is 2. The van der Waals surface area contributed by atoms with Gasteiger partial charge in [-0.15, -0.1) is 0 Å². The molecule has 0 bridgehead atoms. The predicted molar refractivity (Wildman–Crippen MR) is 186 cm³/mol. The van der Waals surface area contributed by atoms with Crippen LogP contribution in [0.15, 0.2) is 36.8 Å². The minimum Gasteiger partial charge on any atom is -0.397 e. The largest absolute Gasteiger partial charge is 0.397 e. The Balaban J connectivity index is 1.74. The number of piperazine rings is 1. The van der Waals surface area contributed by atoms with Crippen molar-refractivity contribution in [3.63, 3.8) is 0 Å². The zero-order valence-corrected chi connectivity index (χ0v) is 29.7. The Morgan fingerprint density at radius 1 is 1.02 bits per heavy atom. The minimum absolute atomic E-state index is 0.0375. The van der Waals surface area contributed by atoms with E-state index in [0.717, 1.165) is 18.2 Å². The summed E-state index contributed by atoms with van der Waals surface area (Å²) in [5, 5.41) is 11.7. The molecule has 1 saturated heterocycles. The molecule has 264 valence electrons. The van der Waals surface area contributed by atoms with Gasteiger partial charge in [-0.05, 0) is 37.0 Å². The summed E-state index contributed by atoms with van der Waals surface area (Å²) in [6.07, 6.45) is 0.777. The summed E-state index contributed by atoms with van der Waals surface area (Å²) < 4.78 is 49.9. The van der Waals surface area contributed by atoms with Gasteiger partial charge >= 0.3 is 0 Å². The highest BCUT2D eigenvalue weighted by molar-refractivity contribution is 6.37. The van der Waals surface area contributed by atoms with Gasteiger partial charge in [-0.3, -0.25) is 9.59 Å². The molecule has 2 aromatic carbocycles. The normalized spacial score (nSPS) is 20.4. The highest BCUT2D eigenvalue weighted by Gasteiger charge is 2.51. The summed E-state index contributed by atoms with van der Waals surface area (Å²) in [5.74, 6) is -5.03. The molecular formula is C35H36Cl2F3N7O3. The molecule has 0 radical (unpaired) electrons. The van der Waals surface area contributed by atoms with Gasteiger partial charge in [0, 0.05) is 30.8 Å². The van der Waals surface area contributed by atoms with Crippen LogP contribution in [-0.2, 0) is 9.59 Å². The van der Waals surface area contributed by atoms with Crippen molar-refractivity contribution in [1.82, 2.24) is 24.7 Å². The fourth-order valence-electron chi connectivity index (χ4n) is 7.18. The van der Waals surface area contributed by atoms with Gasteiger partial charge in [0.15, 0.2) is 17.9 Å². The molecule has 0 aliphatic carbocycles. The van der Waals surface area contributed by atoms with E-state index in [1.54, 1.807) is 11.8 Å². The monoisotopic (exact) mass is 729 g/mol. The first-order valence-electron chi connectivity index (χ1n) is 16.0. The number of benzene rings is 2. The van der Waals surface area contributed by atoms with E-state index in [9.17, 15) is 14.7 Å². The molecule has 1 fully saturated rings. The highest BCUT2D eigenvalue weighted by Crippen LogP contribution is 2.53. The lowest BCUT2D eigenvalue weighted by atomic mass is 9.88. The Hall–Kier alpha value is -4.33. The van der Waals surface area contributed by atoms with Gasteiger partial charge in [0.1, 0.15) is 18.2 Å². The van der Waals surface area contributed by atoms with Gasteiger partial charge in [-0.25, -0.2) is 23.1 Å². The Bertz CT molecular complexity index is 1950. The number of anilines is 3. The lowest BCUT2D eigenvalue weighted by Crippen LogP contribution is -2.66. The molecular weight excluding hydrogens is 694 g/mol. The van der Waals surface area contributed by atoms with Crippen LogP contribution in [-0.4, -0.2) is 80.0 Å². The molecule has 2 amide bonds. The van der Waals surface area contributed by atoms with Crippen molar-refractivity contribution in [2.24, 2.45) is 0 Å². The molecule has 4 heterocycles. The van der Waals surface area contributed by atoms with Crippen molar-refractivity contribution in [3.8, 4) is 11.1 Å². The van der Waals surface area contributed by atoms with Crippen molar-refractivity contribution in [1.29, 1.82) is 0 Å². The van der Waals surface area contributed by atoms with Crippen LogP contribution in [0.2, 0.25) is 10.0 Å². The van der Waals surface area contributed by atoms with Gasteiger partial charge in [-0.1, -0.05) is 57.5 Å². The fourth-order valence-corrected chi connectivity index (χ4v) is 7.64. The topological polar surface area (TPSA) is 119 Å². The third kappa shape index (κ3) is 5.20. The Kier molecular flexibility index (Phi) is 9.07. The molecule has 6 rings (SSSR count). The molecule has 3 unspecified atom stereocenters. The first-order valence-corrected chi connectivity index (χ1v) is 16.8. The molecule has 3 aliphatic heterocycles. The van der Waals surface area contributed by atoms with E-state index >= 15 is 13.2 Å². The molecule has 10 nitrogen and oxygen atoms in total. The number of aliphatic hydroxyl groups is 1. The van der Waals surface area contributed by atoms with Crippen molar-refractivity contribution in [3.05, 3.63) is 81.3 Å². The molecule has 50 heavy (non-hydrogen) atoms. The number of halogens is 5. The van der Waals surface area contributed by atoms with Gasteiger partial charge in [-0.2, -0.15) is 0 Å². The zero-order valence-electron chi connectivity index (χ0n) is 28.2. The van der Waals surface area contributed by atoms with Crippen LogP contribution in [0.3, 0.4) is 0 Å². The standard InChI is InChI=1S/C35H36Cl2F3N7O3/c1-8-22(48)45-12-21-34(49)44(7)33-31(46(21)11-16(45)6)17-9-20(38)23(24-25(39)18(36)10-19(37)27(24)41)26(40)30(17)47(35(33)50)32-28(14(2)3)42-13-43-29(32)15(4)5/h8-10,13-16,21,35,50H,1,11-12,41H2,2-7H3. The van der Waals surface area contributed by atoms with E-state index in [0.29, 0.717) is 11.4 Å². The minimum atomic E-state index is -1.76. The van der Waals surface area contributed by atoms with Crippen LogP contribution >= 0.6 is 23.2 Å². The number of carbonyl (C=O) groups is 2. The van der Waals surface area contributed by atoms with Crippen molar-refractivity contribution >= 4 is 57.8 Å². The number of hydrogen-bond donors (Lipinski definition) is 2. The molecule has 3 aliphatic rings. The van der Waals surface area contributed by atoms with Crippen LogP contribution in [0.5, 0.6) is 0 Å². The van der Waals surface area contributed by atoms with Crippen molar-refractivity contribution < 1.29 is 27.9 Å². The molecule has 15 heteroatoms. The summed E-state index contributed by atoms with van der Waals surface area (Å²) >= 11 is 12.3. The maximum absolute atomic E-state index is 17.6. The zero-order chi connectivity index (χ0) is 36.7. The number of nitrogen functional groups attached to an aromatic ring is 1. The van der Waals surface area contributed by atoms with E-state index in [1.807, 2.05) is 27.7 Å². The number of fused-ring (bicyclic) bond motifs is 4. The summed E-state index contributed by atoms with van der Waals surface area (Å²) in [4.78, 5) is 41.4. The van der Waals surface area contributed by atoms with Crippen molar-refractivity contribution in [2.75, 3.05) is 30.8 Å². The molecule has 0 saturated carbocycles. The summed E-state index contributed by atoms with van der Waals surface area (Å²) in [6, 6.07) is 0.639. The number of nitrogens with two attached hydrogens (primary N) is 1. The number of amides is 2. The molecule has 3 atom stereocenters. The molecule has 0 spiro atoms. The second-order valence-electron chi connectivity index (χ2n) is 13.3. The average Bonchev–Trinajstić information content (AvgIpc) is 3.06. The SMILES string of the molecule is C=CC(=O)N1CC2C(=O)N(C)C3=C(c4cc(F)c(-c5c(N)c(Cl)cc(Cl)c5F)c(F)c4N(c4c(C(C)C)ncnc4C(C)C)C3O)N2CC1C. The first kappa shape index (κ1) is 35.5. The lowest BCUT2D eigenvalue weighted by Gasteiger charge is -2.54. The van der Waals surface area contributed by atoms with E-state index in [-0.39, 0.29) is 64.2 Å². The average molecular weight is 731 g/mol. The van der Waals surface area contributed by atoms with Gasteiger partial charge in [0.05, 0.1) is 62.0 Å². The van der Waals surface area contributed by atoms with Gasteiger partial charge < -0.3 is 30.4 Å². The quantitative estimate of drug-likeness (QED) is 0.176. The van der Waals surface area contributed by atoms with E-state index in [1.165, 1.54) is 28.1 Å². The number of rotatable bonds is 5. The second-order valence-corrected chi connectivity index (χ2v) is 14.1. The van der Waals surface area contributed by atoms with Crippen LogP contribution in [0, 0.1) is 17.5 Å². The maximum Gasteiger partial charge on any atom is 0.251 e. The Morgan fingerprint density at radius 2 is 1.64 bits per heavy atom. The third-order valence-corrected chi connectivity index (χ3v) is 10.1. The van der Waals surface area contributed by atoms with Gasteiger partial charge in [0.25, 0.3) is 5.91 Å². The Morgan fingerprint density at radius 3 is 2.22 bits per heavy atom. The van der Waals surface area contributed by atoms with E-state index < -0.39 is 63.5 Å². The maximum atomic E-state index is 17.6. The van der Waals surface area contributed by atoms with Crippen LogP contribution in [0.25, 0.3) is 16.8 Å².